The molecule has 2 N–H and O–H groups in total. The fraction of sp³-hybridized carbons (Fsp3) is 0.500. The minimum atomic E-state index is -0.290. The maximum Gasteiger partial charge on any atom is 0.337 e. The number of aryl methyl sites for hydroxylation is 1. The average molecular weight is 248 g/mol. The van der Waals surface area contributed by atoms with Gasteiger partial charge in [-0.25, -0.2) is 4.79 Å². The lowest BCUT2D eigenvalue weighted by Gasteiger charge is -2.14. The normalized spacial score (nSPS) is 18.7. The second-order valence-electron chi connectivity index (χ2n) is 4.70. The molecule has 1 fully saturated rings. The van der Waals surface area contributed by atoms with Gasteiger partial charge in [0.25, 0.3) is 0 Å². The Morgan fingerprint density at radius 2 is 2.39 bits per heavy atom. The van der Waals surface area contributed by atoms with Crippen molar-refractivity contribution in [2.75, 3.05) is 25.5 Å². The van der Waals surface area contributed by atoms with Gasteiger partial charge >= 0.3 is 5.97 Å². The molecule has 1 unspecified atom stereocenters. The van der Waals surface area contributed by atoms with Crippen LogP contribution in [-0.2, 0) is 4.74 Å². The Balaban J connectivity index is 1.98. The van der Waals surface area contributed by atoms with E-state index < -0.39 is 0 Å². The molecule has 1 aliphatic heterocycles. The Kier molecular flexibility index (Phi) is 4.20. The lowest BCUT2D eigenvalue weighted by molar-refractivity contribution is 0.0600. The van der Waals surface area contributed by atoms with Crippen molar-refractivity contribution in [3.63, 3.8) is 0 Å². The number of benzene rings is 1. The van der Waals surface area contributed by atoms with Crippen LogP contribution in [0.25, 0.3) is 0 Å². The van der Waals surface area contributed by atoms with Crippen molar-refractivity contribution in [1.29, 1.82) is 0 Å². The first-order valence-electron chi connectivity index (χ1n) is 6.37. The van der Waals surface area contributed by atoms with Crippen LogP contribution in [0.1, 0.15) is 28.8 Å². The van der Waals surface area contributed by atoms with Gasteiger partial charge in [-0.1, -0.05) is 0 Å². The predicted molar refractivity (Wildman–Crippen MR) is 72.0 cm³/mol. The minimum absolute atomic E-state index is 0.290. The molecule has 98 valence electrons. The van der Waals surface area contributed by atoms with Gasteiger partial charge in [0.05, 0.1) is 12.7 Å². The highest BCUT2D eigenvalue weighted by Gasteiger charge is 2.14. The van der Waals surface area contributed by atoms with Crippen LogP contribution in [0, 0.1) is 6.92 Å². The topological polar surface area (TPSA) is 50.4 Å². The second kappa shape index (κ2) is 5.87. The molecule has 1 aliphatic rings. The van der Waals surface area contributed by atoms with Crippen molar-refractivity contribution in [2.45, 2.75) is 25.8 Å². The Bertz CT molecular complexity index is 426. The van der Waals surface area contributed by atoms with Crippen LogP contribution in [0.15, 0.2) is 18.2 Å². The van der Waals surface area contributed by atoms with Crippen molar-refractivity contribution in [3.8, 4) is 0 Å². The van der Waals surface area contributed by atoms with Crippen molar-refractivity contribution in [3.05, 3.63) is 29.3 Å². The summed E-state index contributed by atoms with van der Waals surface area (Å²) in [5.41, 5.74) is 2.74. The third kappa shape index (κ3) is 3.01. The van der Waals surface area contributed by atoms with Gasteiger partial charge in [0, 0.05) is 18.3 Å². The standard InChI is InChI=1S/C14H20N2O2/c1-10-8-11(14(17)18-2)5-6-13(10)16-9-12-4-3-7-15-12/h5-6,8,12,15-16H,3-4,7,9H2,1-2H3. The Hall–Kier alpha value is -1.55. The van der Waals surface area contributed by atoms with E-state index in [4.69, 9.17) is 4.74 Å². The van der Waals surface area contributed by atoms with Crippen molar-refractivity contribution < 1.29 is 9.53 Å². The second-order valence-corrected chi connectivity index (χ2v) is 4.70. The molecule has 0 aromatic heterocycles. The molecule has 4 nitrogen and oxygen atoms in total. The van der Waals surface area contributed by atoms with E-state index in [1.54, 1.807) is 6.07 Å². The number of methoxy groups -OCH3 is 1. The Morgan fingerprint density at radius 1 is 1.56 bits per heavy atom. The molecule has 1 aromatic rings. The van der Waals surface area contributed by atoms with Crippen LogP contribution >= 0.6 is 0 Å². The number of hydrogen-bond acceptors (Lipinski definition) is 4. The van der Waals surface area contributed by atoms with Crippen molar-refractivity contribution in [2.24, 2.45) is 0 Å². The molecular formula is C14H20N2O2. The van der Waals surface area contributed by atoms with Gasteiger partial charge in [-0.15, -0.1) is 0 Å². The zero-order valence-electron chi connectivity index (χ0n) is 11.0. The van der Waals surface area contributed by atoms with Gasteiger partial charge in [-0.05, 0) is 50.1 Å². The molecule has 0 radical (unpaired) electrons. The van der Waals surface area contributed by atoms with Crippen molar-refractivity contribution >= 4 is 11.7 Å². The predicted octanol–water partition coefficient (Wildman–Crippen LogP) is 1.95. The largest absolute Gasteiger partial charge is 0.465 e. The summed E-state index contributed by atoms with van der Waals surface area (Å²) < 4.78 is 4.70. The summed E-state index contributed by atoms with van der Waals surface area (Å²) >= 11 is 0. The highest BCUT2D eigenvalue weighted by molar-refractivity contribution is 5.90. The smallest absolute Gasteiger partial charge is 0.337 e. The number of esters is 1. The van der Waals surface area contributed by atoms with E-state index in [0.29, 0.717) is 11.6 Å². The van der Waals surface area contributed by atoms with Gasteiger partial charge in [0.15, 0.2) is 0 Å². The number of ether oxygens (including phenoxy) is 1. The maximum absolute atomic E-state index is 11.4. The number of nitrogens with one attached hydrogen (secondary N) is 2. The maximum atomic E-state index is 11.4. The molecule has 0 amide bonds. The molecule has 1 heterocycles. The van der Waals surface area contributed by atoms with E-state index in [1.165, 1.54) is 20.0 Å². The summed E-state index contributed by atoms with van der Waals surface area (Å²) in [6, 6.07) is 6.15. The van der Waals surface area contributed by atoms with Crippen LogP contribution in [0.5, 0.6) is 0 Å². The Labute approximate surface area is 108 Å². The monoisotopic (exact) mass is 248 g/mol. The van der Waals surface area contributed by atoms with E-state index >= 15 is 0 Å². The lowest BCUT2D eigenvalue weighted by Crippen LogP contribution is -2.29. The molecule has 0 saturated carbocycles. The van der Waals surface area contributed by atoms with Gasteiger partial charge in [-0.2, -0.15) is 0 Å². The SMILES string of the molecule is COC(=O)c1ccc(NCC2CCCN2)c(C)c1. The van der Waals surface area contributed by atoms with Crippen LogP contribution in [0.4, 0.5) is 5.69 Å². The molecule has 0 bridgehead atoms. The summed E-state index contributed by atoms with van der Waals surface area (Å²) in [7, 11) is 1.40. The summed E-state index contributed by atoms with van der Waals surface area (Å²) in [6.07, 6.45) is 2.49. The Morgan fingerprint density at radius 3 is 3.00 bits per heavy atom. The highest BCUT2D eigenvalue weighted by atomic mass is 16.5. The summed E-state index contributed by atoms with van der Waals surface area (Å²) in [4.78, 5) is 11.4. The summed E-state index contributed by atoms with van der Waals surface area (Å²) in [5, 5.41) is 6.87. The molecule has 1 saturated heterocycles. The fourth-order valence-corrected chi connectivity index (χ4v) is 2.27. The number of carbonyl (C=O) groups excluding carboxylic acids is 1. The van der Waals surface area contributed by atoms with E-state index in [2.05, 4.69) is 10.6 Å². The molecule has 2 rings (SSSR count). The van der Waals surface area contributed by atoms with Crippen LogP contribution in [0.2, 0.25) is 0 Å². The van der Waals surface area contributed by atoms with Gasteiger partial charge in [-0.3, -0.25) is 0 Å². The number of hydrogen-bond donors (Lipinski definition) is 2. The highest BCUT2D eigenvalue weighted by Crippen LogP contribution is 2.17. The quantitative estimate of drug-likeness (QED) is 0.800. The van der Waals surface area contributed by atoms with E-state index in [1.807, 2.05) is 19.1 Å². The summed E-state index contributed by atoms with van der Waals surface area (Å²) in [5.74, 6) is -0.290. The van der Waals surface area contributed by atoms with E-state index in [0.717, 1.165) is 24.3 Å². The number of rotatable bonds is 4. The molecule has 4 heteroatoms. The number of anilines is 1. The first-order valence-corrected chi connectivity index (χ1v) is 6.37. The molecular weight excluding hydrogens is 228 g/mol. The molecule has 1 atom stereocenters. The molecule has 18 heavy (non-hydrogen) atoms. The fourth-order valence-electron chi connectivity index (χ4n) is 2.27. The van der Waals surface area contributed by atoms with E-state index in [9.17, 15) is 4.79 Å². The van der Waals surface area contributed by atoms with Gasteiger partial charge < -0.3 is 15.4 Å². The van der Waals surface area contributed by atoms with Crippen molar-refractivity contribution in [1.82, 2.24) is 5.32 Å². The van der Waals surface area contributed by atoms with Crippen LogP contribution in [0.3, 0.4) is 0 Å². The van der Waals surface area contributed by atoms with Gasteiger partial charge in [0.2, 0.25) is 0 Å². The number of carbonyl (C=O) groups is 1. The first-order chi connectivity index (χ1) is 8.70. The third-order valence-electron chi connectivity index (χ3n) is 3.35. The zero-order chi connectivity index (χ0) is 13.0. The lowest BCUT2D eigenvalue weighted by atomic mass is 10.1. The first kappa shape index (κ1) is 12.9. The zero-order valence-corrected chi connectivity index (χ0v) is 11.0. The van der Waals surface area contributed by atoms with Gasteiger partial charge in [0.1, 0.15) is 0 Å². The summed E-state index contributed by atoms with van der Waals surface area (Å²) in [6.45, 7) is 4.04. The van der Waals surface area contributed by atoms with E-state index in [-0.39, 0.29) is 5.97 Å². The van der Waals surface area contributed by atoms with Crippen LogP contribution < -0.4 is 10.6 Å². The molecule has 0 spiro atoms. The molecule has 1 aromatic carbocycles. The average Bonchev–Trinajstić information content (AvgIpc) is 2.89. The molecule has 0 aliphatic carbocycles. The third-order valence-corrected chi connectivity index (χ3v) is 3.35. The van der Waals surface area contributed by atoms with Crippen LogP contribution in [-0.4, -0.2) is 32.2 Å². The minimum Gasteiger partial charge on any atom is -0.465 e.